The standard InChI is InChI=1S/C23H21NO4/c1-12-8-19(27-21(12)25)13-4-6-15-16-7-5-14(10-18(16)24-17(15)9-13)20-11-23(2,3)22(26)28-20/h4-7,9-10,19-20,24H,1,8,11H2,2-3H3. The number of carbonyl (C=O) groups is 2. The third-order valence-electron chi connectivity index (χ3n) is 5.86. The highest BCUT2D eigenvalue weighted by molar-refractivity contribution is 6.07. The SMILES string of the molecule is C=C1CC(c2ccc3c(c2)[nH]c2cc(C4CC(C)(C)C(=O)O4)ccc23)OC1=O. The molecule has 0 aliphatic carbocycles. The number of ether oxygens (including phenoxy) is 2. The summed E-state index contributed by atoms with van der Waals surface area (Å²) in [5, 5.41) is 2.22. The van der Waals surface area contributed by atoms with Crippen LogP contribution in [-0.2, 0) is 19.1 Å². The Bertz CT molecular complexity index is 1150. The normalized spacial score (nSPS) is 24.1. The van der Waals surface area contributed by atoms with Gasteiger partial charge >= 0.3 is 11.9 Å². The number of rotatable bonds is 2. The second-order valence-electron chi connectivity index (χ2n) is 8.42. The molecular formula is C23H21NO4. The molecule has 0 radical (unpaired) electrons. The predicted octanol–water partition coefficient (Wildman–Crippen LogP) is 4.88. The smallest absolute Gasteiger partial charge is 0.334 e. The molecule has 2 unspecified atom stereocenters. The van der Waals surface area contributed by atoms with Gasteiger partial charge in [-0.2, -0.15) is 0 Å². The van der Waals surface area contributed by atoms with E-state index in [2.05, 4.69) is 29.8 Å². The zero-order valence-corrected chi connectivity index (χ0v) is 15.9. The second kappa shape index (κ2) is 5.71. The number of carbonyl (C=O) groups excluding carboxylic acids is 2. The van der Waals surface area contributed by atoms with Crippen LogP contribution in [0.3, 0.4) is 0 Å². The molecule has 5 rings (SSSR count). The van der Waals surface area contributed by atoms with E-state index < -0.39 is 5.41 Å². The number of H-pyrrole nitrogens is 1. The number of fused-ring (bicyclic) bond motifs is 3. The molecule has 5 heteroatoms. The van der Waals surface area contributed by atoms with Gasteiger partial charge in [0.05, 0.1) is 5.41 Å². The largest absolute Gasteiger partial charge is 0.457 e. The van der Waals surface area contributed by atoms with Gasteiger partial charge in [0, 0.05) is 40.2 Å². The maximum absolute atomic E-state index is 12.0. The van der Waals surface area contributed by atoms with E-state index in [9.17, 15) is 9.59 Å². The van der Waals surface area contributed by atoms with Gasteiger partial charge < -0.3 is 14.5 Å². The van der Waals surface area contributed by atoms with Crippen molar-refractivity contribution in [2.24, 2.45) is 5.41 Å². The average molecular weight is 375 g/mol. The van der Waals surface area contributed by atoms with Crippen molar-refractivity contribution < 1.29 is 19.1 Å². The molecule has 1 aromatic heterocycles. The summed E-state index contributed by atoms with van der Waals surface area (Å²) in [5.74, 6) is -0.466. The highest BCUT2D eigenvalue weighted by atomic mass is 16.6. The molecule has 2 fully saturated rings. The Balaban J connectivity index is 1.52. The van der Waals surface area contributed by atoms with Crippen molar-refractivity contribution in [3.8, 4) is 0 Å². The molecule has 2 aliphatic heterocycles. The van der Waals surface area contributed by atoms with E-state index in [0.717, 1.165) is 32.9 Å². The lowest BCUT2D eigenvalue weighted by molar-refractivity contribution is -0.147. The van der Waals surface area contributed by atoms with Crippen molar-refractivity contribution in [3.63, 3.8) is 0 Å². The fourth-order valence-corrected chi connectivity index (χ4v) is 4.16. The van der Waals surface area contributed by atoms with Gasteiger partial charge in [-0.05, 0) is 37.1 Å². The molecule has 142 valence electrons. The van der Waals surface area contributed by atoms with Crippen LogP contribution in [0.2, 0.25) is 0 Å². The van der Waals surface area contributed by atoms with Crippen molar-refractivity contribution in [1.29, 1.82) is 0 Å². The molecule has 0 bridgehead atoms. The minimum Gasteiger partial charge on any atom is -0.457 e. The molecule has 3 heterocycles. The maximum atomic E-state index is 12.0. The molecule has 5 nitrogen and oxygen atoms in total. The Kier molecular flexibility index (Phi) is 3.48. The second-order valence-corrected chi connectivity index (χ2v) is 8.42. The summed E-state index contributed by atoms with van der Waals surface area (Å²) in [7, 11) is 0. The maximum Gasteiger partial charge on any atom is 0.334 e. The first-order valence-electron chi connectivity index (χ1n) is 9.47. The summed E-state index contributed by atoms with van der Waals surface area (Å²) in [4.78, 5) is 27.1. The van der Waals surface area contributed by atoms with E-state index in [0.29, 0.717) is 18.4 Å². The van der Waals surface area contributed by atoms with Crippen LogP contribution in [0.15, 0.2) is 48.6 Å². The van der Waals surface area contributed by atoms with Crippen LogP contribution >= 0.6 is 0 Å². The summed E-state index contributed by atoms with van der Waals surface area (Å²) in [6.45, 7) is 7.59. The summed E-state index contributed by atoms with van der Waals surface area (Å²) >= 11 is 0. The van der Waals surface area contributed by atoms with E-state index in [1.54, 1.807) is 0 Å². The third kappa shape index (κ3) is 2.53. The summed E-state index contributed by atoms with van der Waals surface area (Å²) in [6.07, 6.45) is 0.722. The van der Waals surface area contributed by atoms with E-state index in [1.165, 1.54) is 0 Å². The van der Waals surface area contributed by atoms with Crippen molar-refractivity contribution >= 4 is 33.7 Å². The van der Waals surface area contributed by atoms with Crippen LogP contribution < -0.4 is 0 Å². The van der Waals surface area contributed by atoms with Crippen LogP contribution in [0.25, 0.3) is 21.8 Å². The van der Waals surface area contributed by atoms with Gasteiger partial charge in [0.25, 0.3) is 0 Å². The summed E-state index contributed by atoms with van der Waals surface area (Å²) < 4.78 is 11.0. The first-order chi connectivity index (χ1) is 13.3. The lowest BCUT2D eigenvalue weighted by atomic mass is 9.88. The molecule has 1 N–H and O–H groups in total. The Hall–Kier alpha value is -3.08. The van der Waals surface area contributed by atoms with Crippen molar-refractivity contribution in [1.82, 2.24) is 4.98 Å². The molecule has 2 aromatic carbocycles. The van der Waals surface area contributed by atoms with Gasteiger partial charge in [-0.25, -0.2) is 4.79 Å². The Morgan fingerprint density at radius 2 is 1.57 bits per heavy atom. The molecular weight excluding hydrogens is 354 g/mol. The van der Waals surface area contributed by atoms with Gasteiger partial charge in [-0.1, -0.05) is 30.8 Å². The number of hydrogen-bond acceptors (Lipinski definition) is 4. The van der Waals surface area contributed by atoms with Gasteiger partial charge in [-0.3, -0.25) is 4.79 Å². The molecule has 0 saturated carbocycles. The lowest BCUT2D eigenvalue weighted by Gasteiger charge is -2.11. The Morgan fingerprint density at radius 3 is 2.07 bits per heavy atom. The number of nitrogens with one attached hydrogen (secondary N) is 1. The average Bonchev–Trinajstić information content (AvgIpc) is 3.27. The molecule has 2 atom stereocenters. The highest BCUT2D eigenvalue weighted by Crippen LogP contribution is 2.42. The summed E-state index contributed by atoms with van der Waals surface area (Å²) in [5.41, 5.74) is 4.01. The van der Waals surface area contributed by atoms with Crippen molar-refractivity contribution in [2.75, 3.05) is 0 Å². The number of aromatic amines is 1. The van der Waals surface area contributed by atoms with Gasteiger partial charge in [0.15, 0.2) is 0 Å². The van der Waals surface area contributed by atoms with Crippen LogP contribution in [0.4, 0.5) is 0 Å². The highest BCUT2D eigenvalue weighted by Gasteiger charge is 2.42. The fraction of sp³-hybridized carbons (Fsp3) is 0.304. The van der Waals surface area contributed by atoms with Gasteiger partial charge in [0.1, 0.15) is 12.2 Å². The minimum atomic E-state index is -0.447. The lowest BCUT2D eigenvalue weighted by Crippen LogP contribution is -2.16. The van der Waals surface area contributed by atoms with Crippen molar-refractivity contribution in [3.05, 3.63) is 59.7 Å². The molecule has 0 spiro atoms. The van der Waals surface area contributed by atoms with E-state index in [1.807, 2.05) is 32.0 Å². The number of cyclic esters (lactones) is 2. The number of benzene rings is 2. The molecule has 28 heavy (non-hydrogen) atoms. The van der Waals surface area contributed by atoms with E-state index >= 15 is 0 Å². The molecule has 2 saturated heterocycles. The first kappa shape index (κ1) is 17.0. The Labute approximate surface area is 162 Å². The zero-order valence-electron chi connectivity index (χ0n) is 15.9. The predicted molar refractivity (Wildman–Crippen MR) is 106 cm³/mol. The molecule has 3 aromatic rings. The van der Waals surface area contributed by atoms with Crippen LogP contribution in [0.1, 0.15) is 50.0 Å². The van der Waals surface area contributed by atoms with Gasteiger partial charge in [-0.15, -0.1) is 0 Å². The molecule has 0 amide bonds. The van der Waals surface area contributed by atoms with E-state index in [4.69, 9.17) is 9.47 Å². The third-order valence-corrected chi connectivity index (χ3v) is 5.86. The fourth-order valence-electron chi connectivity index (χ4n) is 4.16. The van der Waals surface area contributed by atoms with E-state index in [-0.39, 0.29) is 24.1 Å². The zero-order chi connectivity index (χ0) is 19.6. The quantitative estimate of drug-likeness (QED) is 0.512. The van der Waals surface area contributed by atoms with Crippen molar-refractivity contribution in [2.45, 2.75) is 38.9 Å². The van der Waals surface area contributed by atoms with Gasteiger partial charge in [0.2, 0.25) is 0 Å². The van der Waals surface area contributed by atoms with Crippen LogP contribution in [0.5, 0.6) is 0 Å². The minimum absolute atomic E-state index is 0.147. The molecule has 2 aliphatic rings. The van der Waals surface area contributed by atoms with Crippen LogP contribution in [0, 0.1) is 5.41 Å². The number of aromatic nitrogens is 1. The topological polar surface area (TPSA) is 68.4 Å². The first-order valence-corrected chi connectivity index (χ1v) is 9.47. The summed E-state index contributed by atoms with van der Waals surface area (Å²) in [6, 6.07) is 12.2. The number of hydrogen-bond donors (Lipinski definition) is 1. The number of esters is 2. The van der Waals surface area contributed by atoms with Crippen LogP contribution in [-0.4, -0.2) is 16.9 Å². The Morgan fingerprint density at radius 1 is 0.964 bits per heavy atom. The monoisotopic (exact) mass is 375 g/mol.